The maximum Gasteiger partial charge on any atom is 0.250 e. The van der Waals surface area contributed by atoms with Gasteiger partial charge in [0.05, 0.1) is 15.9 Å². The number of sulfonamides is 1. The molecule has 1 aromatic heterocycles. The van der Waals surface area contributed by atoms with Gasteiger partial charge in [0.1, 0.15) is 4.21 Å². The number of carbonyl (C=O) groups excluding carboxylic acids is 1. The third kappa shape index (κ3) is 5.78. The molecule has 1 aromatic rings. The summed E-state index contributed by atoms with van der Waals surface area (Å²) in [6, 6.07) is 3.13. The minimum absolute atomic E-state index is 0. The fraction of sp³-hybridized carbons (Fsp3) is 0.583. The second kappa shape index (κ2) is 9.19. The summed E-state index contributed by atoms with van der Waals surface area (Å²) < 4.78 is 27.2. The van der Waals surface area contributed by atoms with Crippen LogP contribution in [0.5, 0.6) is 0 Å². The molecule has 6 nitrogen and oxygen atoms in total. The quantitative estimate of drug-likeness (QED) is 0.581. The molecule has 0 aliphatic carbocycles. The molecule has 0 fully saturated rings. The van der Waals surface area contributed by atoms with Crippen molar-refractivity contribution in [1.82, 2.24) is 10.0 Å². The number of halogens is 2. The first-order valence-electron chi connectivity index (χ1n) is 6.54. The Labute approximate surface area is 149 Å². The van der Waals surface area contributed by atoms with Crippen LogP contribution >= 0.6 is 39.7 Å². The van der Waals surface area contributed by atoms with E-state index in [2.05, 4.69) is 26.0 Å². The Balaban J connectivity index is 0.00000441. The monoisotopic (exact) mass is 433 g/mol. The highest BCUT2D eigenvalue weighted by Crippen LogP contribution is 2.25. The van der Waals surface area contributed by atoms with Crippen LogP contribution in [0.2, 0.25) is 0 Å². The normalized spacial score (nSPS) is 11.8. The molecule has 0 spiro atoms. The molecule has 0 aliphatic heterocycles. The van der Waals surface area contributed by atoms with Gasteiger partial charge in [0.2, 0.25) is 5.91 Å². The molecule has 10 heteroatoms. The maximum atomic E-state index is 12.0. The molecule has 0 aliphatic rings. The minimum atomic E-state index is -3.66. The predicted molar refractivity (Wildman–Crippen MR) is 95.0 cm³/mol. The van der Waals surface area contributed by atoms with Crippen LogP contribution in [0.4, 0.5) is 0 Å². The molecule has 1 heterocycles. The largest absolute Gasteiger partial charge is 0.348 e. The summed E-state index contributed by atoms with van der Waals surface area (Å²) in [5, 5.41) is 2.81. The van der Waals surface area contributed by atoms with Crippen molar-refractivity contribution in [2.75, 3.05) is 13.1 Å². The number of nitrogens with two attached hydrogens (primary N) is 1. The van der Waals surface area contributed by atoms with Crippen molar-refractivity contribution in [2.24, 2.45) is 5.73 Å². The van der Waals surface area contributed by atoms with Gasteiger partial charge in [0.15, 0.2) is 0 Å². The fourth-order valence-corrected chi connectivity index (χ4v) is 4.82. The highest BCUT2D eigenvalue weighted by molar-refractivity contribution is 9.11. The molecule has 0 radical (unpaired) electrons. The van der Waals surface area contributed by atoms with Crippen molar-refractivity contribution < 1.29 is 13.2 Å². The van der Waals surface area contributed by atoms with Crippen LogP contribution in [0.15, 0.2) is 20.1 Å². The molecule has 128 valence electrons. The molecule has 1 amide bonds. The highest BCUT2D eigenvalue weighted by Gasteiger charge is 2.27. The number of rotatable bonds is 8. The van der Waals surface area contributed by atoms with Gasteiger partial charge < -0.3 is 11.1 Å². The zero-order valence-corrected chi connectivity index (χ0v) is 16.4. The molecule has 0 unspecified atom stereocenters. The van der Waals surface area contributed by atoms with Crippen molar-refractivity contribution >= 4 is 55.6 Å². The SMILES string of the molecule is CCC(CC)(CN)NC(=O)CNS(=O)(=O)c1ccc(Br)s1.Cl. The van der Waals surface area contributed by atoms with Gasteiger partial charge in [-0.15, -0.1) is 23.7 Å². The van der Waals surface area contributed by atoms with Gasteiger partial charge in [-0.3, -0.25) is 4.79 Å². The number of thiophene rings is 1. The Bertz CT molecular complexity index is 580. The van der Waals surface area contributed by atoms with Gasteiger partial charge in [-0.2, -0.15) is 0 Å². The smallest absolute Gasteiger partial charge is 0.250 e. The number of hydrogen-bond acceptors (Lipinski definition) is 5. The highest BCUT2D eigenvalue weighted by atomic mass is 79.9. The molecule has 0 atom stereocenters. The molecule has 4 N–H and O–H groups in total. The van der Waals surface area contributed by atoms with E-state index in [1.165, 1.54) is 6.07 Å². The summed E-state index contributed by atoms with van der Waals surface area (Å²) in [7, 11) is -3.66. The van der Waals surface area contributed by atoms with Gasteiger partial charge in [0.25, 0.3) is 10.0 Å². The van der Waals surface area contributed by atoms with Crippen molar-refractivity contribution in [2.45, 2.75) is 36.4 Å². The van der Waals surface area contributed by atoms with Crippen LogP contribution in [0.25, 0.3) is 0 Å². The van der Waals surface area contributed by atoms with Gasteiger partial charge in [-0.1, -0.05) is 13.8 Å². The van der Waals surface area contributed by atoms with Gasteiger partial charge >= 0.3 is 0 Å². The molecule has 0 bridgehead atoms. The number of hydrogen-bond donors (Lipinski definition) is 3. The molecule has 1 rings (SSSR count). The summed E-state index contributed by atoms with van der Waals surface area (Å²) in [5.41, 5.74) is 5.22. The van der Waals surface area contributed by atoms with E-state index < -0.39 is 15.6 Å². The zero-order chi connectivity index (χ0) is 16.1. The average molecular weight is 435 g/mol. The van der Waals surface area contributed by atoms with Gasteiger partial charge in [-0.05, 0) is 40.9 Å². The van der Waals surface area contributed by atoms with E-state index in [0.717, 1.165) is 11.3 Å². The van der Waals surface area contributed by atoms with E-state index in [4.69, 9.17) is 5.73 Å². The number of carbonyl (C=O) groups is 1. The first-order valence-corrected chi connectivity index (χ1v) is 9.64. The van der Waals surface area contributed by atoms with E-state index in [1.54, 1.807) is 6.07 Å². The minimum Gasteiger partial charge on any atom is -0.348 e. The molecule has 0 saturated carbocycles. The summed E-state index contributed by atoms with van der Waals surface area (Å²) in [6.45, 7) is 3.88. The third-order valence-electron chi connectivity index (χ3n) is 3.39. The van der Waals surface area contributed by atoms with E-state index in [0.29, 0.717) is 23.2 Å². The zero-order valence-electron chi connectivity index (χ0n) is 12.4. The number of nitrogens with one attached hydrogen (secondary N) is 2. The van der Waals surface area contributed by atoms with E-state index in [9.17, 15) is 13.2 Å². The van der Waals surface area contributed by atoms with Crippen LogP contribution < -0.4 is 15.8 Å². The summed E-state index contributed by atoms with van der Waals surface area (Å²) in [4.78, 5) is 11.9. The average Bonchev–Trinajstić information content (AvgIpc) is 2.90. The van der Waals surface area contributed by atoms with Crippen molar-refractivity contribution in [1.29, 1.82) is 0 Å². The lowest BCUT2D eigenvalue weighted by Gasteiger charge is -2.31. The summed E-state index contributed by atoms with van der Waals surface area (Å²) in [5.74, 6) is -0.386. The van der Waals surface area contributed by atoms with Crippen LogP contribution in [0.3, 0.4) is 0 Å². The second-order valence-electron chi connectivity index (χ2n) is 4.62. The van der Waals surface area contributed by atoms with E-state index in [-0.39, 0.29) is 29.1 Å². The van der Waals surface area contributed by atoms with Crippen LogP contribution in [0.1, 0.15) is 26.7 Å². The predicted octanol–water partition coefficient (Wildman–Crippen LogP) is 1.84. The van der Waals surface area contributed by atoms with Crippen LogP contribution in [0, 0.1) is 0 Å². The lowest BCUT2D eigenvalue weighted by Crippen LogP contribution is -2.55. The Kier molecular flexibility index (Phi) is 9.11. The Morgan fingerprint density at radius 1 is 1.36 bits per heavy atom. The van der Waals surface area contributed by atoms with E-state index >= 15 is 0 Å². The molecular weight excluding hydrogens is 414 g/mol. The third-order valence-corrected chi connectivity index (χ3v) is 6.90. The topological polar surface area (TPSA) is 101 Å². The Morgan fingerprint density at radius 2 is 1.95 bits per heavy atom. The maximum absolute atomic E-state index is 12.0. The van der Waals surface area contributed by atoms with Gasteiger partial charge in [-0.25, -0.2) is 13.1 Å². The standard InChI is InChI=1S/C12H20BrN3O3S2.ClH/c1-3-12(4-2,8-14)16-10(17)7-15-21(18,19)11-6-5-9(13)20-11;/h5-6,15H,3-4,7-8,14H2,1-2H3,(H,16,17);1H. The van der Waals surface area contributed by atoms with Crippen LogP contribution in [-0.4, -0.2) is 33.0 Å². The first kappa shape index (κ1) is 21.8. The summed E-state index contributed by atoms with van der Waals surface area (Å²) in [6.07, 6.45) is 1.38. The molecule has 0 saturated heterocycles. The lowest BCUT2D eigenvalue weighted by atomic mass is 9.93. The Hall–Kier alpha value is -0.190. The number of amides is 1. The molecule has 0 aromatic carbocycles. The molecule has 22 heavy (non-hydrogen) atoms. The fourth-order valence-electron chi connectivity index (χ4n) is 1.78. The Morgan fingerprint density at radius 3 is 2.36 bits per heavy atom. The first-order chi connectivity index (χ1) is 9.78. The molecular formula is C12H21BrClN3O3S2. The van der Waals surface area contributed by atoms with Crippen molar-refractivity contribution in [3.05, 3.63) is 15.9 Å². The van der Waals surface area contributed by atoms with Gasteiger partial charge in [0, 0.05) is 6.54 Å². The lowest BCUT2D eigenvalue weighted by molar-refractivity contribution is -0.121. The second-order valence-corrected chi connectivity index (χ2v) is 9.08. The van der Waals surface area contributed by atoms with Crippen molar-refractivity contribution in [3.8, 4) is 0 Å². The summed E-state index contributed by atoms with van der Waals surface area (Å²) >= 11 is 4.29. The van der Waals surface area contributed by atoms with Crippen molar-refractivity contribution in [3.63, 3.8) is 0 Å². The van der Waals surface area contributed by atoms with Crippen LogP contribution in [-0.2, 0) is 14.8 Å². The van der Waals surface area contributed by atoms with E-state index in [1.807, 2.05) is 13.8 Å².